The fraction of sp³-hybridized carbons (Fsp3) is 0.600. The molecule has 0 saturated heterocycles. The fourth-order valence-electron chi connectivity index (χ4n) is 2.11. The molecule has 1 aromatic carbocycles. The summed E-state index contributed by atoms with van der Waals surface area (Å²) in [5.41, 5.74) is 2.40. The van der Waals surface area contributed by atoms with E-state index in [1.807, 2.05) is 12.1 Å². The van der Waals surface area contributed by atoms with Gasteiger partial charge in [-0.3, -0.25) is 0 Å². The van der Waals surface area contributed by atoms with E-state index in [0.717, 1.165) is 30.8 Å². The molecule has 0 aromatic heterocycles. The van der Waals surface area contributed by atoms with Crippen molar-refractivity contribution in [1.82, 2.24) is 0 Å². The molecule has 0 unspecified atom stereocenters. The van der Waals surface area contributed by atoms with Crippen LogP contribution in [0.15, 0.2) is 18.2 Å². The highest BCUT2D eigenvalue weighted by atomic mass is 32.2. The van der Waals surface area contributed by atoms with Crippen molar-refractivity contribution in [3.63, 3.8) is 0 Å². The molecule has 0 amide bonds. The van der Waals surface area contributed by atoms with Gasteiger partial charge in [0.1, 0.15) is 12.4 Å². The molecule has 0 bridgehead atoms. The molecular formula is C15H23NO3S. The molecule has 20 heavy (non-hydrogen) atoms. The maximum absolute atomic E-state index is 12.0. The van der Waals surface area contributed by atoms with Gasteiger partial charge < -0.3 is 10.1 Å². The van der Waals surface area contributed by atoms with Gasteiger partial charge in [0.25, 0.3) is 0 Å². The number of anilines is 1. The van der Waals surface area contributed by atoms with Crippen molar-refractivity contribution < 1.29 is 13.2 Å². The molecule has 1 heterocycles. The Morgan fingerprint density at radius 2 is 2.05 bits per heavy atom. The Bertz CT molecular complexity index is 573. The quantitative estimate of drug-likeness (QED) is 0.928. The van der Waals surface area contributed by atoms with E-state index in [9.17, 15) is 8.42 Å². The predicted octanol–water partition coefficient (Wildman–Crippen LogP) is 2.64. The van der Waals surface area contributed by atoms with Crippen LogP contribution in [0.2, 0.25) is 0 Å². The van der Waals surface area contributed by atoms with Crippen molar-refractivity contribution in [1.29, 1.82) is 0 Å². The number of ether oxygens (including phenoxy) is 1. The third-order valence-corrected chi connectivity index (χ3v) is 6.14. The number of hydrogen-bond acceptors (Lipinski definition) is 4. The van der Waals surface area contributed by atoms with Crippen LogP contribution in [0.3, 0.4) is 0 Å². The minimum absolute atomic E-state index is 0.0427. The summed E-state index contributed by atoms with van der Waals surface area (Å²) >= 11 is 0. The first-order valence-electron chi connectivity index (χ1n) is 7.01. The summed E-state index contributed by atoms with van der Waals surface area (Å²) in [4.78, 5) is 0. The lowest BCUT2D eigenvalue weighted by molar-refractivity contribution is 0.339. The molecule has 112 valence electrons. The number of nitrogens with one attached hydrogen (secondary N) is 1. The van der Waals surface area contributed by atoms with E-state index >= 15 is 0 Å². The number of aryl methyl sites for hydroxylation is 1. The van der Waals surface area contributed by atoms with E-state index in [1.54, 1.807) is 20.8 Å². The van der Waals surface area contributed by atoms with E-state index in [1.165, 1.54) is 5.56 Å². The zero-order valence-electron chi connectivity index (χ0n) is 12.4. The minimum Gasteiger partial charge on any atom is -0.492 e. The second kappa shape index (κ2) is 5.64. The molecule has 0 spiro atoms. The van der Waals surface area contributed by atoms with Gasteiger partial charge in [0, 0.05) is 18.3 Å². The smallest absolute Gasteiger partial charge is 0.158 e. The molecule has 1 aromatic rings. The average Bonchev–Trinajstić information content (AvgIpc) is 2.37. The molecule has 1 aliphatic heterocycles. The van der Waals surface area contributed by atoms with Gasteiger partial charge in [-0.25, -0.2) is 8.42 Å². The molecule has 0 aliphatic carbocycles. The SMILES string of the molecule is CC(C)(C)S(=O)(=O)CCOc1ccc2c(c1)NCCC2. The number of rotatable bonds is 4. The largest absolute Gasteiger partial charge is 0.492 e. The Hall–Kier alpha value is -1.23. The van der Waals surface area contributed by atoms with Gasteiger partial charge in [0.05, 0.1) is 10.5 Å². The summed E-state index contributed by atoms with van der Waals surface area (Å²) in [5, 5.41) is 3.34. The van der Waals surface area contributed by atoms with Gasteiger partial charge in [0.2, 0.25) is 0 Å². The highest BCUT2D eigenvalue weighted by Gasteiger charge is 2.28. The zero-order chi connectivity index (χ0) is 14.8. The molecule has 1 aliphatic rings. The Morgan fingerprint density at radius 3 is 2.75 bits per heavy atom. The standard InChI is InChI=1S/C15H23NO3S/c1-15(2,3)20(17,18)10-9-19-13-7-6-12-5-4-8-16-14(12)11-13/h6-7,11,16H,4-5,8-10H2,1-3H3. The van der Waals surface area contributed by atoms with E-state index in [2.05, 4.69) is 11.4 Å². The summed E-state index contributed by atoms with van der Waals surface area (Å²) in [6.07, 6.45) is 2.23. The van der Waals surface area contributed by atoms with Crippen LogP contribution in [-0.4, -0.2) is 32.1 Å². The lowest BCUT2D eigenvalue weighted by Crippen LogP contribution is -2.32. The number of fused-ring (bicyclic) bond motifs is 1. The first-order chi connectivity index (χ1) is 9.29. The van der Waals surface area contributed by atoms with E-state index in [-0.39, 0.29) is 12.4 Å². The van der Waals surface area contributed by atoms with E-state index in [4.69, 9.17) is 4.74 Å². The Balaban J connectivity index is 1.95. The van der Waals surface area contributed by atoms with Crippen LogP contribution in [0, 0.1) is 0 Å². The highest BCUT2D eigenvalue weighted by molar-refractivity contribution is 7.92. The van der Waals surface area contributed by atoms with Gasteiger partial charge in [0.15, 0.2) is 9.84 Å². The summed E-state index contributed by atoms with van der Waals surface area (Å²) < 4.78 is 28.8. The Kier molecular flexibility index (Phi) is 4.28. The van der Waals surface area contributed by atoms with Gasteiger partial charge in [-0.1, -0.05) is 6.07 Å². The van der Waals surface area contributed by atoms with Crippen LogP contribution in [0.1, 0.15) is 32.8 Å². The van der Waals surface area contributed by atoms with Gasteiger partial charge in [-0.15, -0.1) is 0 Å². The maximum atomic E-state index is 12.0. The van der Waals surface area contributed by atoms with Gasteiger partial charge in [-0.2, -0.15) is 0 Å². The number of benzene rings is 1. The fourth-order valence-corrected chi connectivity index (χ4v) is 3.02. The van der Waals surface area contributed by atoms with Gasteiger partial charge >= 0.3 is 0 Å². The van der Waals surface area contributed by atoms with Crippen molar-refractivity contribution in [3.05, 3.63) is 23.8 Å². The molecule has 0 radical (unpaired) electrons. The summed E-state index contributed by atoms with van der Waals surface area (Å²) in [7, 11) is -3.13. The first-order valence-corrected chi connectivity index (χ1v) is 8.67. The van der Waals surface area contributed by atoms with E-state index in [0.29, 0.717) is 0 Å². The Morgan fingerprint density at radius 1 is 1.30 bits per heavy atom. The van der Waals surface area contributed by atoms with Crippen LogP contribution < -0.4 is 10.1 Å². The maximum Gasteiger partial charge on any atom is 0.158 e. The van der Waals surface area contributed by atoms with Crippen molar-refractivity contribution in [2.45, 2.75) is 38.4 Å². The molecule has 2 rings (SSSR count). The molecule has 5 heteroatoms. The number of sulfone groups is 1. The minimum atomic E-state index is -3.13. The molecular weight excluding hydrogens is 274 g/mol. The van der Waals surface area contributed by atoms with Crippen LogP contribution in [0.4, 0.5) is 5.69 Å². The molecule has 4 nitrogen and oxygen atoms in total. The molecule has 0 saturated carbocycles. The lowest BCUT2D eigenvalue weighted by Gasteiger charge is -2.20. The lowest BCUT2D eigenvalue weighted by atomic mass is 10.0. The Labute approximate surface area is 121 Å². The normalized spacial score (nSPS) is 15.3. The number of hydrogen-bond donors (Lipinski definition) is 1. The van der Waals surface area contributed by atoms with Crippen LogP contribution >= 0.6 is 0 Å². The summed E-state index contributed by atoms with van der Waals surface area (Å²) in [6.45, 7) is 6.31. The predicted molar refractivity (Wildman–Crippen MR) is 82.3 cm³/mol. The van der Waals surface area contributed by atoms with Crippen molar-refractivity contribution in [2.24, 2.45) is 0 Å². The summed E-state index contributed by atoms with van der Waals surface area (Å²) in [5.74, 6) is 0.767. The third-order valence-electron chi connectivity index (χ3n) is 3.57. The zero-order valence-corrected chi connectivity index (χ0v) is 13.2. The van der Waals surface area contributed by atoms with Gasteiger partial charge in [-0.05, 0) is 45.2 Å². The average molecular weight is 297 g/mol. The third kappa shape index (κ3) is 3.45. The molecule has 0 atom stereocenters. The molecule has 1 N–H and O–H groups in total. The second-order valence-electron chi connectivity index (χ2n) is 6.13. The monoisotopic (exact) mass is 297 g/mol. The van der Waals surface area contributed by atoms with Crippen molar-refractivity contribution in [3.8, 4) is 5.75 Å². The molecule has 0 fully saturated rings. The van der Waals surface area contributed by atoms with Crippen LogP contribution in [0.5, 0.6) is 5.75 Å². The van der Waals surface area contributed by atoms with Crippen LogP contribution in [-0.2, 0) is 16.3 Å². The second-order valence-corrected chi connectivity index (χ2v) is 8.99. The van der Waals surface area contributed by atoms with Crippen molar-refractivity contribution in [2.75, 3.05) is 24.2 Å². The van der Waals surface area contributed by atoms with Crippen molar-refractivity contribution >= 4 is 15.5 Å². The van der Waals surface area contributed by atoms with E-state index < -0.39 is 14.6 Å². The first kappa shape index (κ1) is 15.2. The van der Waals surface area contributed by atoms with Crippen LogP contribution in [0.25, 0.3) is 0 Å². The summed E-state index contributed by atoms with van der Waals surface area (Å²) in [6, 6.07) is 5.92. The highest BCUT2D eigenvalue weighted by Crippen LogP contribution is 2.26. The topological polar surface area (TPSA) is 55.4 Å².